The van der Waals surface area contributed by atoms with E-state index in [0.29, 0.717) is 0 Å². The second-order valence-corrected chi connectivity index (χ2v) is 6.91. The number of thiophene rings is 1. The quantitative estimate of drug-likeness (QED) is 0.903. The van der Waals surface area contributed by atoms with Gasteiger partial charge >= 0.3 is 0 Å². The highest BCUT2D eigenvalue weighted by molar-refractivity contribution is 7.91. The summed E-state index contributed by atoms with van der Waals surface area (Å²) in [6, 6.07) is 4.91. The lowest BCUT2D eigenvalue weighted by Gasteiger charge is -2.05. The van der Waals surface area contributed by atoms with Gasteiger partial charge in [-0.15, -0.1) is 11.3 Å². The van der Waals surface area contributed by atoms with Crippen LogP contribution in [0.25, 0.3) is 0 Å². The average Bonchev–Trinajstić information content (AvgIpc) is 2.82. The van der Waals surface area contributed by atoms with Crippen molar-refractivity contribution < 1.29 is 17.6 Å². The molecule has 0 radical (unpaired) electrons. The molecule has 0 saturated carbocycles. The zero-order valence-corrected chi connectivity index (χ0v) is 12.2. The van der Waals surface area contributed by atoms with Gasteiger partial charge in [0.15, 0.2) is 0 Å². The Hall–Kier alpha value is -1.48. The zero-order chi connectivity index (χ0) is 14.9. The zero-order valence-electron chi connectivity index (χ0n) is 9.76. The van der Waals surface area contributed by atoms with Gasteiger partial charge in [0.05, 0.1) is 11.3 Å². The van der Waals surface area contributed by atoms with Crippen LogP contribution < -0.4 is 10.5 Å². The molecule has 0 bridgehead atoms. The molecular weight excluding hydrogens is 327 g/mol. The summed E-state index contributed by atoms with van der Waals surface area (Å²) < 4.78 is 35.6. The van der Waals surface area contributed by atoms with E-state index in [0.717, 1.165) is 23.5 Å². The molecule has 2 rings (SSSR count). The lowest BCUT2D eigenvalue weighted by molar-refractivity contribution is 0.102. The predicted molar refractivity (Wildman–Crippen MR) is 75.1 cm³/mol. The van der Waals surface area contributed by atoms with E-state index in [2.05, 4.69) is 5.32 Å². The topological polar surface area (TPSA) is 89.3 Å². The first-order chi connectivity index (χ1) is 9.27. The molecule has 2 aromatic rings. The minimum absolute atomic E-state index is 0.0530. The van der Waals surface area contributed by atoms with Crippen molar-refractivity contribution in [1.82, 2.24) is 0 Å². The summed E-state index contributed by atoms with van der Waals surface area (Å²) >= 11 is 6.41. The van der Waals surface area contributed by atoms with Gasteiger partial charge in [0, 0.05) is 10.4 Å². The van der Waals surface area contributed by atoms with Gasteiger partial charge in [0.25, 0.3) is 5.91 Å². The second-order valence-electron chi connectivity index (χ2n) is 3.78. The van der Waals surface area contributed by atoms with E-state index in [9.17, 15) is 17.6 Å². The van der Waals surface area contributed by atoms with Crippen LogP contribution in [0.4, 0.5) is 10.1 Å². The fourth-order valence-corrected chi connectivity index (χ4v) is 3.11. The average molecular weight is 335 g/mol. The van der Waals surface area contributed by atoms with Gasteiger partial charge in [-0.3, -0.25) is 4.79 Å². The van der Waals surface area contributed by atoms with Crippen molar-refractivity contribution in [2.24, 2.45) is 5.14 Å². The van der Waals surface area contributed by atoms with E-state index in [-0.39, 0.29) is 20.5 Å². The minimum Gasteiger partial charge on any atom is -0.319 e. The molecule has 1 amide bonds. The van der Waals surface area contributed by atoms with Crippen molar-refractivity contribution >= 4 is 44.6 Å². The molecule has 0 unspecified atom stereocenters. The minimum atomic E-state index is -3.86. The van der Waals surface area contributed by atoms with Gasteiger partial charge in [0.1, 0.15) is 10.0 Å². The standard InChI is InChI=1S/C11H8ClFN2O3S2/c12-7-1-2-9(8(13)4-7)15-11(16)6-3-10(19-5-6)20(14,17)18/h1-5H,(H,15,16)(H2,14,17,18). The summed E-state index contributed by atoms with van der Waals surface area (Å²) in [6.45, 7) is 0. The number of nitrogens with two attached hydrogens (primary N) is 1. The maximum absolute atomic E-state index is 13.5. The van der Waals surface area contributed by atoms with Crippen LogP contribution >= 0.6 is 22.9 Å². The van der Waals surface area contributed by atoms with E-state index < -0.39 is 21.7 Å². The van der Waals surface area contributed by atoms with E-state index in [1.807, 2.05) is 0 Å². The number of hydrogen-bond donors (Lipinski definition) is 2. The van der Waals surface area contributed by atoms with Gasteiger partial charge in [-0.1, -0.05) is 11.6 Å². The van der Waals surface area contributed by atoms with E-state index in [1.165, 1.54) is 17.5 Å². The first kappa shape index (κ1) is 14.9. The third-order valence-corrected chi connectivity index (χ3v) is 4.92. The normalized spacial score (nSPS) is 11.3. The number of benzene rings is 1. The Balaban J connectivity index is 2.22. The highest BCUT2D eigenvalue weighted by Gasteiger charge is 2.16. The Labute approximate surface area is 123 Å². The van der Waals surface area contributed by atoms with Crippen LogP contribution in [-0.4, -0.2) is 14.3 Å². The molecule has 20 heavy (non-hydrogen) atoms. The van der Waals surface area contributed by atoms with Crippen LogP contribution in [0.15, 0.2) is 33.9 Å². The Morgan fingerprint density at radius 1 is 1.35 bits per heavy atom. The smallest absolute Gasteiger partial charge is 0.256 e. The summed E-state index contributed by atoms with van der Waals surface area (Å²) in [5.41, 5.74) is 0.0242. The fourth-order valence-electron chi connectivity index (χ4n) is 1.37. The first-order valence-corrected chi connectivity index (χ1v) is 7.95. The summed E-state index contributed by atoms with van der Waals surface area (Å²) in [4.78, 5) is 11.9. The Morgan fingerprint density at radius 3 is 2.60 bits per heavy atom. The molecule has 0 saturated heterocycles. The molecule has 1 aromatic carbocycles. The number of nitrogens with one attached hydrogen (secondary N) is 1. The van der Waals surface area contributed by atoms with Crippen molar-refractivity contribution in [3.63, 3.8) is 0 Å². The second kappa shape index (κ2) is 5.49. The molecule has 0 aliphatic heterocycles. The third-order valence-electron chi connectivity index (χ3n) is 2.30. The number of rotatable bonds is 3. The monoisotopic (exact) mass is 334 g/mol. The number of primary sulfonamides is 1. The summed E-state index contributed by atoms with van der Waals surface area (Å²) in [5, 5.41) is 8.78. The molecule has 9 heteroatoms. The van der Waals surface area contributed by atoms with Gasteiger partial charge in [-0.25, -0.2) is 17.9 Å². The Kier molecular flexibility index (Phi) is 4.09. The molecule has 5 nitrogen and oxygen atoms in total. The van der Waals surface area contributed by atoms with Crippen molar-refractivity contribution in [3.05, 3.63) is 46.0 Å². The third kappa shape index (κ3) is 3.34. The number of hydrogen-bond acceptors (Lipinski definition) is 4. The maximum atomic E-state index is 13.5. The number of anilines is 1. The molecule has 1 heterocycles. The molecule has 0 aliphatic carbocycles. The summed E-state index contributed by atoms with van der Waals surface area (Å²) in [7, 11) is -3.86. The number of sulfonamides is 1. The van der Waals surface area contributed by atoms with Crippen molar-refractivity contribution in [2.75, 3.05) is 5.32 Å². The van der Waals surface area contributed by atoms with E-state index >= 15 is 0 Å². The predicted octanol–water partition coefficient (Wildman–Crippen LogP) is 2.44. The maximum Gasteiger partial charge on any atom is 0.256 e. The van der Waals surface area contributed by atoms with E-state index in [1.54, 1.807) is 0 Å². The molecule has 1 aromatic heterocycles. The molecular formula is C11H8ClFN2O3S2. The highest BCUT2D eigenvalue weighted by atomic mass is 35.5. The van der Waals surface area contributed by atoms with Gasteiger partial charge < -0.3 is 5.32 Å². The van der Waals surface area contributed by atoms with Gasteiger partial charge in [-0.2, -0.15) is 0 Å². The number of carbonyl (C=O) groups is 1. The Bertz CT molecular complexity index is 774. The first-order valence-electron chi connectivity index (χ1n) is 5.15. The van der Waals surface area contributed by atoms with Crippen molar-refractivity contribution in [3.8, 4) is 0 Å². The lowest BCUT2D eigenvalue weighted by Crippen LogP contribution is -2.13. The fraction of sp³-hybridized carbons (Fsp3) is 0. The molecule has 0 atom stereocenters. The summed E-state index contributed by atoms with van der Waals surface area (Å²) in [5.74, 6) is -1.33. The molecule has 0 aliphatic rings. The molecule has 106 valence electrons. The van der Waals surface area contributed by atoms with Crippen LogP contribution in [0.3, 0.4) is 0 Å². The largest absolute Gasteiger partial charge is 0.319 e. The van der Waals surface area contributed by atoms with Crippen molar-refractivity contribution in [2.45, 2.75) is 4.21 Å². The molecule has 0 spiro atoms. The summed E-state index contributed by atoms with van der Waals surface area (Å²) in [6.07, 6.45) is 0. The number of carbonyl (C=O) groups excluding carboxylic acids is 1. The number of amides is 1. The SMILES string of the molecule is NS(=O)(=O)c1cc(C(=O)Nc2ccc(Cl)cc2F)cs1. The molecule has 3 N–H and O–H groups in total. The van der Waals surface area contributed by atoms with Crippen LogP contribution in [0, 0.1) is 5.82 Å². The van der Waals surface area contributed by atoms with Gasteiger partial charge in [0.2, 0.25) is 10.0 Å². The van der Waals surface area contributed by atoms with E-state index in [4.69, 9.17) is 16.7 Å². The molecule has 0 fully saturated rings. The van der Waals surface area contributed by atoms with Crippen LogP contribution in [0.1, 0.15) is 10.4 Å². The van der Waals surface area contributed by atoms with Crippen LogP contribution in [0.5, 0.6) is 0 Å². The Morgan fingerprint density at radius 2 is 2.05 bits per heavy atom. The highest BCUT2D eigenvalue weighted by Crippen LogP contribution is 2.22. The lowest BCUT2D eigenvalue weighted by atomic mass is 10.2. The number of halogens is 2. The van der Waals surface area contributed by atoms with Crippen LogP contribution in [0.2, 0.25) is 5.02 Å². The van der Waals surface area contributed by atoms with Crippen molar-refractivity contribution in [1.29, 1.82) is 0 Å². The van der Waals surface area contributed by atoms with Gasteiger partial charge in [-0.05, 0) is 24.3 Å². The van der Waals surface area contributed by atoms with Crippen LogP contribution in [-0.2, 0) is 10.0 Å².